The topological polar surface area (TPSA) is 37.3 Å². The molecular weight excluding hydrogens is 231 g/mol. The second kappa shape index (κ2) is 4.06. The van der Waals surface area contributed by atoms with Crippen LogP contribution >= 0.6 is 11.6 Å². The summed E-state index contributed by atoms with van der Waals surface area (Å²) in [5.41, 5.74) is 0.309. The average Bonchev–Trinajstić information content (AvgIpc) is 2.09. The molecule has 0 atom stereocenters. The Labute approximate surface area is 98.0 Å². The van der Waals surface area contributed by atoms with Gasteiger partial charge in [0.15, 0.2) is 0 Å². The maximum atomic E-state index is 13.2. The summed E-state index contributed by atoms with van der Waals surface area (Å²) in [6.45, 7) is 0. The normalized spacial score (nSPS) is 17.9. The Kier molecular flexibility index (Phi) is 2.89. The van der Waals surface area contributed by atoms with E-state index in [1.807, 2.05) is 0 Å². The molecule has 0 aliphatic heterocycles. The van der Waals surface area contributed by atoms with Crippen molar-refractivity contribution in [1.29, 1.82) is 0 Å². The number of rotatable bonds is 3. The van der Waals surface area contributed by atoms with E-state index in [-0.39, 0.29) is 6.42 Å². The molecule has 2 rings (SSSR count). The Morgan fingerprint density at radius 2 is 2.12 bits per heavy atom. The molecule has 0 saturated heterocycles. The van der Waals surface area contributed by atoms with Gasteiger partial charge in [0, 0.05) is 10.4 Å². The summed E-state index contributed by atoms with van der Waals surface area (Å²) in [4.78, 5) is 10.8. The van der Waals surface area contributed by atoms with Gasteiger partial charge in [-0.05, 0) is 36.6 Å². The highest BCUT2D eigenvalue weighted by atomic mass is 35.5. The molecule has 0 bridgehead atoms. The average molecular weight is 243 g/mol. The first-order valence-electron chi connectivity index (χ1n) is 5.20. The highest BCUT2D eigenvalue weighted by Crippen LogP contribution is 2.47. The van der Waals surface area contributed by atoms with Gasteiger partial charge in [0.25, 0.3) is 0 Å². The van der Waals surface area contributed by atoms with Gasteiger partial charge in [-0.25, -0.2) is 4.39 Å². The summed E-state index contributed by atoms with van der Waals surface area (Å²) in [6.07, 6.45) is 2.62. The first-order valence-corrected chi connectivity index (χ1v) is 5.58. The smallest absolute Gasteiger partial charge is 0.304 e. The van der Waals surface area contributed by atoms with E-state index in [0.29, 0.717) is 10.6 Å². The van der Waals surface area contributed by atoms with Gasteiger partial charge >= 0.3 is 5.97 Å². The zero-order valence-corrected chi connectivity index (χ0v) is 9.43. The number of aliphatic carboxylic acids is 1. The molecule has 4 heteroatoms. The monoisotopic (exact) mass is 242 g/mol. The van der Waals surface area contributed by atoms with E-state index in [0.717, 1.165) is 19.3 Å². The Hall–Kier alpha value is -1.09. The van der Waals surface area contributed by atoms with Crippen LogP contribution in [-0.2, 0) is 10.2 Å². The van der Waals surface area contributed by atoms with Crippen molar-refractivity contribution in [2.24, 2.45) is 0 Å². The third kappa shape index (κ3) is 2.05. The fraction of sp³-hybridized carbons (Fsp3) is 0.417. The Morgan fingerprint density at radius 1 is 1.44 bits per heavy atom. The molecule has 1 fully saturated rings. The highest BCUT2D eigenvalue weighted by molar-refractivity contribution is 6.30. The number of hydrogen-bond donors (Lipinski definition) is 1. The maximum absolute atomic E-state index is 13.2. The van der Waals surface area contributed by atoms with E-state index >= 15 is 0 Å². The van der Waals surface area contributed by atoms with Crippen LogP contribution in [0.25, 0.3) is 0 Å². The minimum atomic E-state index is -0.847. The van der Waals surface area contributed by atoms with Gasteiger partial charge in [0.2, 0.25) is 0 Å². The van der Waals surface area contributed by atoms with Gasteiger partial charge in [-0.15, -0.1) is 0 Å². The van der Waals surface area contributed by atoms with Crippen molar-refractivity contribution in [2.45, 2.75) is 31.1 Å². The summed E-state index contributed by atoms with van der Waals surface area (Å²) in [7, 11) is 0. The van der Waals surface area contributed by atoms with E-state index < -0.39 is 17.2 Å². The van der Waals surface area contributed by atoms with Crippen LogP contribution in [0.1, 0.15) is 31.2 Å². The fourth-order valence-electron chi connectivity index (χ4n) is 2.32. The van der Waals surface area contributed by atoms with E-state index in [1.54, 1.807) is 6.07 Å². The molecule has 0 amide bonds. The van der Waals surface area contributed by atoms with Crippen molar-refractivity contribution in [3.05, 3.63) is 34.6 Å². The third-order valence-corrected chi connectivity index (χ3v) is 3.49. The summed E-state index contributed by atoms with van der Waals surface area (Å²) in [5, 5.41) is 9.21. The van der Waals surface area contributed by atoms with Crippen molar-refractivity contribution < 1.29 is 14.3 Å². The molecule has 1 N–H and O–H groups in total. The summed E-state index contributed by atoms with van der Waals surface area (Å²) < 4.78 is 13.2. The van der Waals surface area contributed by atoms with E-state index in [4.69, 9.17) is 16.7 Å². The second-order valence-electron chi connectivity index (χ2n) is 4.36. The second-order valence-corrected chi connectivity index (χ2v) is 4.80. The Bertz CT molecular complexity index is 407. The van der Waals surface area contributed by atoms with Gasteiger partial charge in [0.05, 0.1) is 6.42 Å². The van der Waals surface area contributed by atoms with Crippen LogP contribution in [0, 0.1) is 5.82 Å². The van der Waals surface area contributed by atoms with Crippen LogP contribution in [-0.4, -0.2) is 11.1 Å². The SMILES string of the molecule is O=C(O)CC1(c2cc(F)cc(Cl)c2)CCC1. The van der Waals surface area contributed by atoms with Crippen molar-refractivity contribution in [3.63, 3.8) is 0 Å². The molecule has 16 heavy (non-hydrogen) atoms. The van der Waals surface area contributed by atoms with Gasteiger partial charge in [-0.2, -0.15) is 0 Å². The van der Waals surface area contributed by atoms with Crippen molar-refractivity contribution in [1.82, 2.24) is 0 Å². The fourth-order valence-corrected chi connectivity index (χ4v) is 2.54. The molecule has 86 valence electrons. The van der Waals surface area contributed by atoms with Crippen LogP contribution in [0.5, 0.6) is 0 Å². The molecular formula is C12H12ClFO2. The van der Waals surface area contributed by atoms with E-state index in [2.05, 4.69) is 0 Å². The van der Waals surface area contributed by atoms with Crippen LogP contribution < -0.4 is 0 Å². The van der Waals surface area contributed by atoms with Crippen LogP contribution in [0.2, 0.25) is 5.02 Å². The molecule has 0 aromatic heterocycles. The third-order valence-electron chi connectivity index (χ3n) is 3.28. The molecule has 1 aliphatic carbocycles. The largest absolute Gasteiger partial charge is 0.481 e. The molecule has 1 saturated carbocycles. The lowest BCUT2D eigenvalue weighted by Crippen LogP contribution is -2.36. The molecule has 1 aliphatic rings. The standard InChI is InChI=1S/C12H12ClFO2/c13-9-4-8(5-10(14)6-9)12(2-1-3-12)7-11(15)16/h4-6H,1-3,7H2,(H,15,16). The first kappa shape index (κ1) is 11.4. The maximum Gasteiger partial charge on any atom is 0.304 e. The zero-order chi connectivity index (χ0) is 11.8. The van der Waals surface area contributed by atoms with Crippen LogP contribution in [0.3, 0.4) is 0 Å². The number of halogens is 2. The summed E-state index contributed by atoms with van der Waals surface area (Å²) >= 11 is 5.79. The predicted octanol–water partition coefficient (Wildman–Crippen LogP) is 3.38. The lowest BCUT2D eigenvalue weighted by molar-refractivity contribution is -0.139. The van der Waals surface area contributed by atoms with E-state index in [1.165, 1.54) is 12.1 Å². The van der Waals surface area contributed by atoms with Gasteiger partial charge in [0.1, 0.15) is 5.82 Å². The minimum Gasteiger partial charge on any atom is -0.481 e. The number of hydrogen-bond acceptors (Lipinski definition) is 1. The Balaban J connectivity index is 2.36. The molecule has 1 aromatic rings. The zero-order valence-electron chi connectivity index (χ0n) is 8.67. The number of carboxylic acid groups (broad SMARTS) is 1. The predicted molar refractivity (Wildman–Crippen MR) is 59.2 cm³/mol. The Morgan fingerprint density at radius 3 is 2.56 bits per heavy atom. The summed E-state index contributed by atoms with van der Waals surface area (Å²) in [6, 6.07) is 4.30. The number of benzene rings is 1. The van der Waals surface area contributed by atoms with Gasteiger partial charge in [-0.3, -0.25) is 4.79 Å². The van der Waals surface area contributed by atoms with Crippen LogP contribution in [0.4, 0.5) is 4.39 Å². The molecule has 0 radical (unpaired) electrons. The van der Waals surface area contributed by atoms with E-state index in [9.17, 15) is 9.18 Å². The number of carboxylic acids is 1. The molecule has 0 spiro atoms. The van der Waals surface area contributed by atoms with Gasteiger partial charge < -0.3 is 5.11 Å². The molecule has 1 aromatic carbocycles. The lowest BCUT2D eigenvalue weighted by Gasteiger charge is -2.41. The molecule has 2 nitrogen and oxygen atoms in total. The lowest BCUT2D eigenvalue weighted by atomic mass is 9.62. The molecule has 0 heterocycles. The number of carbonyl (C=O) groups is 1. The summed E-state index contributed by atoms with van der Waals surface area (Å²) in [5.74, 6) is -1.25. The van der Waals surface area contributed by atoms with Crippen molar-refractivity contribution >= 4 is 17.6 Å². The van der Waals surface area contributed by atoms with Gasteiger partial charge in [-0.1, -0.05) is 18.0 Å². The van der Waals surface area contributed by atoms with Crippen molar-refractivity contribution in [3.8, 4) is 0 Å². The highest BCUT2D eigenvalue weighted by Gasteiger charge is 2.40. The quantitative estimate of drug-likeness (QED) is 0.882. The molecule has 0 unspecified atom stereocenters. The minimum absolute atomic E-state index is 0.0484. The first-order chi connectivity index (χ1) is 7.52. The van der Waals surface area contributed by atoms with Crippen LogP contribution in [0.15, 0.2) is 18.2 Å². The van der Waals surface area contributed by atoms with Crippen molar-refractivity contribution in [2.75, 3.05) is 0 Å².